The first-order valence-corrected chi connectivity index (χ1v) is 8.75. The summed E-state index contributed by atoms with van der Waals surface area (Å²) in [6, 6.07) is 5.54. The number of carboxylic acid groups (broad SMARTS) is 1. The average Bonchev–Trinajstić information content (AvgIpc) is 2.53. The number of carbonyl (C=O) groups excluding carboxylic acids is 1. The van der Waals surface area contributed by atoms with Crippen LogP contribution in [0.15, 0.2) is 18.2 Å². The van der Waals surface area contributed by atoms with Gasteiger partial charge in [0.05, 0.1) is 13.5 Å². The summed E-state index contributed by atoms with van der Waals surface area (Å²) in [5.74, 6) is -0.400. The zero-order valence-corrected chi connectivity index (χ0v) is 15.4. The standard InChI is InChI=1S/C17H23Cl2NO4/c1-12-3-4-15(24-2)14(9-12)13(11-17(22)23)10-16(21)20(7-5-18)8-6-19/h3-4,9,13H,5-8,10-11H2,1-2H3,(H,22,23)/t13-/m0/s1. The van der Waals surface area contributed by atoms with Crippen LogP contribution in [0.2, 0.25) is 0 Å². The molecule has 24 heavy (non-hydrogen) atoms. The minimum atomic E-state index is -0.961. The highest BCUT2D eigenvalue weighted by Crippen LogP contribution is 2.33. The number of carbonyl (C=O) groups is 2. The zero-order valence-electron chi connectivity index (χ0n) is 13.9. The van der Waals surface area contributed by atoms with Crippen molar-refractivity contribution in [3.8, 4) is 5.75 Å². The maximum absolute atomic E-state index is 12.5. The lowest BCUT2D eigenvalue weighted by Gasteiger charge is -2.24. The third-order valence-electron chi connectivity index (χ3n) is 3.73. The first kappa shape index (κ1) is 20.6. The van der Waals surface area contributed by atoms with Gasteiger partial charge in [0, 0.05) is 37.2 Å². The Labute approximate surface area is 152 Å². The van der Waals surface area contributed by atoms with Crippen molar-refractivity contribution >= 4 is 35.1 Å². The minimum absolute atomic E-state index is 0.0693. The number of benzene rings is 1. The lowest BCUT2D eigenvalue weighted by Crippen LogP contribution is -2.35. The van der Waals surface area contributed by atoms with Gasteiger partial charge < -0.3 is 14.7 Å². The monoisotopic (exact) mass is 375 g/mol. The van der Waals surface area contributed by atoms with Crippen LogP contribution >= 0.6 is 23.2 Å². The smallest absolute Gasteiger partial charge is 0.303 e. The minimum Gasteiger partial charge on any atom is -0.496 e. The van der Waals surface area contributed by atoms with Gasteiger partial charge in [0.25, 0.3) is 0 Å². The number of aryl methyl sites for hydroxylation is 1. The van der Waals surface area contributed by atoms with E-state index >= 15 is 0 Å². The second-order valence-corrected chi connectivity index (χ2v) is 6.26. The molecule has 0 spiro atoms. The molecule has 1 aromatic rings. The molecule has 0 aliphatic rings. The van der Waals surface area contributed by atoms with Crippen LogP contribution in [0.3, 0.4) is 0 Å². The van der Waals surface area contributed by atoms with E-state index in [0.29, 0.717) is 30.6 Å². The molecule has 0 unspecified atom stereocenters. The molecule has 0 aliphatic carbocycles. The van der Waals surface area contributed by atoms with Gasteiger partial charge in [0.1, 0.15) is 5.75 Å². The number of methoxy groups -OCH3 is 1. The second-order valence-electron chi connectivity index (χ2n) is 5.50. The van der Waals surface area contributed by atoms with Crippen LogP contribution in [-0.2, 0) is 9.59 Å². The summed E-state index contributed by atoms with van der Waals surface area (Å²) in [6.45, 7) is 2.69. The third-order valence-corrected chi connectivity index (χ3v) is 4.07. The summed E-state index contributed by atoms with van der Waals surface area (Å²) in [5.41, 5.74) is 1.71. The van der Waals surface area contributed by atoms with Gasteiger partial charge in [-0.25, -0.2) is 0 Å². The van der Waals surface area contributed by atoms with Gasteiger partial charge >= 0.3 is 5.97 Å². The molecule has 1 N–H and O–H groups in total. The molecule has 5 nitrogen and oxygen atoms in total. The van der Waals surface area contributed by atoms with E-state index in [1.807, 2.05) is 19.1 Å². The Bertz CT molecular complexity index is 560. The molecule has 134 valence electrons. The summed E-state index contributed by atoms with van der Waals surface area (Å²) in [4.78, 5) is 25.4. The lowest BCUT2D eigenvalue weighted by atomic mass is 9.90. The van der Waals surface area contributed by atoms with E-state index < -0.39 is 11.9 Å². The molecule has 1 atom stereocenters. The highest BCUT2D eigenvalue weighted by Gasteiger charge is 2.25. The summed E-state index contributed by atoms with van der Waals surface area (Å²) < 4.78 is 5.34. The van der Waals surface area contributed by atoms with Gasteiger partial charge in [-0.15, -0.1) is 23.2 Å². The molecule has 0 bridgehead atoms. The van der Waals surface area contributed by atoms with Crippen molar-refractivity contribution < 1.29 is 19.4 Å². The normalized spacial score (nSPS) is 11.8. The lowest BCUT2D eigenvalue weighted by molar-refractivity contribution is -0.137. The van der Waals surface area contributed by atoms with E-state index in [2.05, 4.69) is 0 Å². The Morgan fingerprint density at radius 1 is 1.21 bits per heavy atom. The fourth-order valence-corrected chi connectivity index (χ4v) is 2.99. The van der Waals surface area contributed by atoms with Crippen LogP contribution in [0.5, 0.6) is 5.75 Å². The van der Waals surface area contributed by atoms with Crippen molar-refractivity contribution in [1.82, 2.24) is 4.90 Å². The second kappa shape index (κ2) is 10.4. The molecular formula is C17H23Cl2NO4. The highest BCUT2D eigenvalue weighted by molar-refractivity contribution is 6.18. The zero-order chi connectivity index (χ0) is 18.1. The predicted octanol–water partition coefficient (Wildman–Crippen LogP) is 3.26. The maximum atomic E-state index is 12.5. The summed E-state index contributed by atoms with van der Waals surface area (Å²) in [5, 5.41) is 9.23. The van der Waals surface area contributed by atoms with Gasteiger partial charge in [0.15, 0.2) is 0 Å². The molecule has 0 saturated heterocycles. The Morgan fingerprint density at radius 2 is 1.83 bits per heavy atom. The number of aliphatic carboxylic acids is 1. The van der Waals surface area contributed by atoms with Crippen molar-refractivity contribution in [3.63, 3.8) is 0 Å². The van der Waals surface area contributed by atoms with E-state index in [9.17, 15) is 14.7 Å². The number of nitrogens with zero attached hydrogens (tertiary/aromatic N) is 1. The number of amides is 1. The van der Waals surface area contributed by atoms with Crippen LogP contribution in [0, 0.1) is 6.92 Å². The number of hydrogen-bond donors (Lipinski definition) is 1. The van der Waals surface area contributed by atoms with E-state index in [0.717, 1.165) is 11.1 Å². The van der Waals surface area contributed by atoms with Crippen molar-refractivity contribution in [2.24, 2.45) is 0 Å². The van der Waals surface area contributed by atoms with Crippen LogP contribution < -0.4 is 4.74 Å². The topological polar surface area (TPSA) is 66.8 Å². The highest BCUT2D eigenvalue weighted by atomic mass is 35.5. The van der Waals surface area contributed by atoms with Crippen molar-refractivity contribution in [2.75, 3.05) is 32.0 Å². The Hall–Kier alpha value is -1.46. The third kappa shape index (κ3) is 6.21. The summed E-state index contributed by atoms with van der Waals surface area (Å²) >= 11 is 11.5. The average molecular weight is 376 g/mol. The van der Waals surface area contributed by atoms with Gasteiger partial charge in [-0.2, -0.15) is 0 Å². The van der Waals surface area contributed by atoms with Crippen LogP contribution in [-0.4, -0.2) is 53.8 Å². The van der Waals surface area contributed by atoms with E-state index in [-0.39, 0.29) is 18.7 Å². The van der Waals surface area contributed by atoms with Crippen LogP contribution in [0.4, 0.5) is 0 Å². The van der Waals surface area contributed by atoms with Gasteiger partial charge in [-0.3, -0.25) is 9.59 Å². The van der Waals surface area contributed by atoms with E-state index in [4.69, 9.17) is 27.9 Å². The molecule has 1 amide bonds. The number of alkyl halides is 2. The van der Waals surface area contributed by atoms with Crippen molar-refractivity contribution in [3.05, 3.63) is 29.3 Å². The molecule has 0 aromatic heterocycles. The van der Waals surface area contributed by atoms with Crippen molar-refractivity contribution in [1.29, 1.82) is 0 Å². The quantitative estimate of drug-likeness (QED) is 0.637. The summed E-state index contributed by atoms with van der Waals surface area (Å²) in [6.07, 6.45) is -0.0823. The molecule has 1 aromatic carbocycles. The Kier molecular flexibility index (Phi) is 8.93. The molecule has 0 saturated carbocycles. The fraction of sp³-hybridized carbons (Fsp3) is 0.529. The number of rotatable bonds is 10. The van der Waals surface area contributed by atoms with Crippen LogP contribution in [0.1, 0.15) is 29.9 Å². The molecule has 1 rings (SSSR count). The SMILES string of the molecule is COc1ccc(C)cc1[C@H](CC(=O)O)CC(=O)N(CCCl)CCCl. The van der Waals surface area contributed by atoms with E-state index in [1.54, 1.807) is 11.0 Å². The predicted molar refractivity (Wildman–Crippen MR) is 95.4 cm³/mol. The van der Waals surface area contributed by atoms with E-state index in [1.165, 1.54) is 7.11 Å². The van der Waals surface area contributed by atoms with Gasteiger partial charge in [0.2, 0.25) is 5.91 Å². The molecule has 0 aliphatic heterocycles. The number of halogens is 2. The van der Waals surface area contributed by atoms with Gasteiger partial charge in [-0.05, 0) is 18.6 Å². The maximum Gasteiger partial charge on any atom is 0.303 e. The molecular weight excluding hydrogens is 353 g/mol. The largest absolute Gasteiger partial charge is 0.496 e. The molecule has 0 radical (unpaired) electrons. The Balaban J connectivity index is 3.07. The molecule has 0 heterocycles. The molecule has 0 fully saturated rings. The van der Waals surface area contributed by atoms with Crippen LogP contribution in [0.25, 0.3) is 0 Å². The first-order valence-electron chi connectivity index (χ1n) is 7.69. The fourth-order valence-electron chi connectivity index (χ4n) is 2.58. The molecule has 7 heteroatoms. The first-order chi connectivity index (χ1) is 11.4. The number of hydrogen-bond acceptors (Lipinski definition) is 3. The number of carboxylic acids is 1. The van der Waals surface area contributed by atoms with Gasteiger partial charge in [-0.1, -0.05) is 17.7 Å². The summed E-state index contributed by atoms with van der Waals surface area (Å²) in [7, 11) is 1.53. The number of ether oxygens (including phenoxy) is 1. The Morgan fingerprint density at radius 3 is 2.33 bits per heavy atom. The van der Waals surface area contributed by atoms with Crippen molar-refractivity contribution in [2.45, 2.75) is 25.7 Å².